The van der Waals surface area contributed by atoms with Crippen LogP contribution in [0.2, 0.25) is 0 Å². The number of carbonyl (C=O) groups excluding carboxylic acids is 1. The van der Waals surface area contributed by atoms with Gasteiger partial charge in [-0.05, 0) is 30.3 Å². The van der Waals surface area contributed by atoms with Gasteiger partial charge in [-0.2, -0.15) is 0 Å². The van der Waals surface area contributed by atoms with Crippen LogP contribution in [0.25, 0.3) is 11.3 Å². The summed E-state index contributed by atoms with van der Waals surface area (Å²) in [5.41, 5.74) is -0.124. The van der Waals surface area contributed by atoms with Crippen molar-refractivity contribution in [3.63, 3.8) is 0 Å². The van der Waals surface area contributed by atoms with Crippen molar-refractivity contribution in [3.8, 4) is 17.0 Å². The molecule has 0 aliphatic rings. The van der Waals surface area contributed by atoms with Crippen molar-refractivity contribution < 1.29 is 32.6 Å². The number of carboxylic acid groups (broad SMARTS) is 1. The van der Waals surface area contributed by atoms with Gasteiger partial charge in [-0.15, -0.1) is 0 Å². The number of rotatable bonds is 7. The number of benzene rings is 2. The number of halogens is 3. The first kappa shape index (κ1) is 21.8. The molecule has 0 fully saturated rings. The first-order valence-electron chi connectivity index (χ1n) is 9.07. The Balaban J connectivity index is 1.97. The molecule has 160 valence electrons. The Morgan fingerprint density at radius 1 is 1.06 bits per heavy atom. The Morgan fingerprint density at radius 3 is 2.35 bits per heavy atom. The van der Waals surface area contributed by atoms with Crippen molar-refractivity contribution in [2.75, 3.05) is 7.11 Å². The van der Waals surface area contributed by atoms with E-state index in [4.69, 9.17) is 9.84 Å². The summed E-state index contributed by atoms with van der Waals surface area (Å²) >= 11 is 0. The number of nitrogens with one attached hydrogen (secondary N) is 1. The maximum Gasteiger partial charge on any atom is 0.305 e. The number of amides is 1. The van der Waals surface area contributed by atoms with Crippen LogP contribution >= 0.6 is 0 Å². The second kappa shape index (κ2) is 9.29. The van der Waals surface area contributed by atoms with Crippen LogP contribution in [0.15, 0.2) is 54.6 Å². The monoisotopic (exact) mass is 430 g/mol. The van der Waals surface area contributed by atoms with Gasteiger partial charge < -0.3 is 15.2 Å². The van der Waals surface area contributed by atoms with Crippen molar-refractivity contribution in [3.05, 3.63) is 83.3 Å². The average molecular weight is 430 g/mol. The van der Waals surface area contributed by atoms with E-state index >= 15 is 0 Å². The molecule has 1 heterocycles. The van der Waals surface area contributed by atoms with Gasteiger partial charge in [0.1, 0.15) is 34.6 Å². The highest BCUT2D eigenvalue weighted by molar-refractivity contribution is 5.93. The van der Waals surface area contributed by atoms with E-state index in [9.17, 15) is 22.8 Å². The van der Waals surface area contributed by atoms with Gasteiger partial charge in [0.15, 0.2) is 0 Å². The number of ether oxygens (including phenoxy) is 1. The lowest BCUT2D eigenvalue weighted by Gasteiger charge is -2.18. The number of hydrogen-bond donors (Lipinski definition) is 2. The molecular weight excluding hydrogens is 413 g/mol. The van der Waals surface area contributed by atoms with Crippen LogP contribution in [0.3, 0.4) is 0 Å². The Bertz CT molecular complexity index is 1120. The summed E-state index contributed by atoms with van der Waals surface area (Å²) in [4.78, 5) is 28.1. The van der Waals surface area contributed by atoms with Crippen LogP contribution in [-0.2, 0) is 4.79 Å². The fourth-order valence-electron chi connectivity index (χ4n) is 3.04. The third-order valence-electron chi connectivity index (χ3n) is 4.41. The van der Waals surface area contributed by atoms with Crippen LogP contribution in [-0.4, -0.2) is 29.1 Å². The largest absolute Gasteiger partial charge is 0.494 e. The topological polar surface area (TPSA) is 88.5 Å². The van der Waals surface area contributed by atoms with E-state index in [1.54, 1.807) is 0 Å². The molecule has 6 nitrogen and oxygen atoms in total. The molecule has 1 aromatic heterocycles. The second-order valence-electron chi connectivity index (χ2n) is 6.55. The maximum atomic E-state index is 14.2. The predicted molar refractivity (Wildman–Crippen MR) is 105 cm³/mol. The van der Waals surface area contributed by atoms with E-state index in [1.165, 1.54) is 37.4 Å². The molecule has 2 aromatic carbocycles. The smallest absolute Gasteiger partial charge is 0.305 e. The molecule has 0 aliphatic heterocycles. The molecule has 9 heteroatoms. The molecule has 0 saturated carbocycles. The fraction of sp³-hybridized carbons (Fsp3) is 0.136. The van der Waals surface area contributed by atoms with Gasteiger partial charge in [-0.1, -0.05) is 18.2 Å². The maximum absolute atomic E-state index is 14.2. The summed E-state index contributed by atoms with van der Waals surface area (Å²) in [6.07, 6.45) is -0.565. The molecule has 0 saturated heterocycles. The Morgan fingerprint density at radius 2 is 1.74 bits per heavy atom. The number of methoxy groups -OCH3 is 1. The highest BCUT2D eigenvalue weighted by atomic mass is 19.1. The first-order chi connectivity index (χ1) is 14.8. The number of aromatic nitrogens is 1. The molecule has 0 spiro atoms. The number of nitrogens with zero attached hydrogens (tertiary/aromatic N) is 1. The van der Waals surface area contributed by atoms with Crippen molar-refractivity contribution in [2.45, 2.75) is 12.5 Å². The molecule has 0 aliphatic carbocycles. The highest BCUT2D eigenvalue weighted by Crippen LogP contribution is 2.30. The number of hydrogen-bond acceptors (Lipinski definition) is 4. The van der Waals surface area contributed by atoms with Gasteiger partial charge in [0.05, 0.1) is 19.6 Å². The summed E-state index contributed by atoms with van der Waals surface area (Å²) in [7, 11) is 1.33. The lowest BCUT2D eigenvalue weighted by molar-refractivity contribution is -0.137. The molecule has 0 bridgehead atoms. The lowest BCUT2D eigenvalue weighted by atomic mass is 10.0. The van der Waals surface area contributed by atoms with E-state index in [2.05, 4.69) is 10.3 Å². The zero-order valence-corrected chi connectivity index (χ0v) is 16.2. The van der Waals surface area contributed by atoms with E-state index in [1.807, 2.05) is 0 Å². The SMILES string of the molecule is COc1ccc(C(=O)NC(CC(=O)O)c2ccccc2F)nc1-c1cc(F)cc(F)c1. The number of aliphatic carboxylic acids is 1. The second-order valence-corrected chi connectivity index (χ2v) is 6.55. The Labute approximate surface area is 175 Å². The summed E-state index contributed by atoms with van der Waals surface area (Å²) in [6, 6.07) is 9.74. The van der Waals surface area contributed by atoms with E-state index in [-0.39, 0.29) is 28.3 Å². The molecular formula is C22H17F3N2O4. The van der Waals surface area contributed by atoms with E-state index < -0.39 is 41.8 Å². The molecule has 1 unspecified atom stereocenters. The van der Waals surface area contributed by atoms with Crippen LogP contribution in [0.4, 0.5) is 13.2 Å². The van der Waals surface area contributed by atoms with Crippen LogP contribution < -0.4 is 10.1 Å². The zero-order valence-electron chi connectivity index (χ0n) is 16.2. The van der Waals surface area contributed by atoms with Gasteiger partial charge in [0.25, 0.3) is 5.91 Å². The lowest BCUT2D eigenvalue weighted by Crippen LogP contribution is -2.31. The minimum absolute atomic E-state index is 0.000753. The molecule has 2 N–H and O–H groups in total. The highest BCUT2D eigenvalue weighted by Gasteiger charge is 2.23. The quantitative estimate of drug-likeness (QED) is 0.589. The standard InChI is InChI=1S/C22H17F3N2O4/c1-31-19-7-6-17(26-21(19)12-8-13(23)10-14(24)9-12)22(30)27-18(11-20(28)29)15-4-2-3-5-16(15)25/h2-10,18H,11H2,1H3,(H,27,30)(H,28,29). The molecule has 0 radical (unpaired) electrons. The van der Waals surface area contributed by atoms with E-state index in [0.717, 1.165) is 18.2 Å². The Hall–Kier alpha value is -3.88. The van der Waals surface area contributed by atoms with Gasteiger partial charge in [-0.25, -0.2) is 18.2 Å². The summed E-state index contributed by atoms with van der Waals surface area (Å²) in [6.45, 7) is 0. The van der Waals surface area contributed by atoms with Crippen LogP contribution in [0.1, 0.15) is 28.5 Å². The van der Waals surface area contributed by atoms with Crippen molar-refractivity contribution in [2.24, 2.45) is 0 Å². The van der Waals surface area contributed by atoms with Crippen LogP contribution in [0.5, 0.6) is 5.75 Å². The van der Waals surface area contributed by atoms with Gasteiger partial charge in [0, 0.05) is 17.2 Å². The normalized spacial score (nSPS) is 11.6. The van der Waals surface area contributed by atoms with Gasteiger partial charge in [-0.3, -0.25) is 9.59 Å². The minimum atomic E-state index is -1.24. The van der Waals surface area contributed by atoms with Crippen LogP contribution in [0, 0.1) is 17.5 Å². The Kier molecular flexibility index (Phi) is 6.54. The van der Waals surface area contributed by atoms with Crippen molar-refractivity contribution in [1.29, 1.82) is 0 Å². The molecule has 1 amide bonds. The number of carboxylic acids is 1. The van der Waals surface area contributed by atoms with E-state index in [0.29, 0.717) is 6.07 Å². The molecule has 31 heavy (non-hydrogen) atoms. The zero-order chi connectivity index (χ0) is 22.5. The number of carbonyl (C=O) groups is 2. The van der Waals surface area contributed by atoms with Gasteiger partial charge >= 0.3 is 5.97 Å². The first-order valence-corrected chi connectivity index (χ1v) is 9.07. The summed E-state index contributed by atoms with van der Waals surface area (Å²) in [5, 5.41) is 11.6. The fourth-order valence-corrected chi connectivity index (χ4v) is 3.04. The average Bonchev–Trinajstić information content (AvgIpc) is 2.72. The van der Waals surface area contributed by atoms with Crippen molar-refractivity contribution >= 4 is 11.9 Å². The molecule has 3 aromatic rings. The summed E-state index contributed by atoms with van der Waals surface area (Å²) in [5.74, 6) is -4.22. The molecule has 3 rings (SSSR count). The molecule has 1 atom stereocenters. The number of pyridine rings is 1. The minimum Gasteiger partial charge on any atom is -0.494 e. The van der Waals surface area contributed by atoms with Crippen molar-refractivity contribution in [1.82, 2.24) is 10.3 Å². The third-order valence-corrected chi connectivity index (χ3v) is 4.41. The summed E-state index contributed by atoms with van der Waals surface area (Å²) < 4.78 is 46.6. The third kappa shape index (κ3) is 5.19. The van der Waals surface area contributed by atoms with Gasteiger partial charge in [0.2, 0.25) is 0 Å². The predicted octanol–water partition coefficient (Wildman–Crippen LogP) is 4.12.